The molecule has 0 bridgehead atoms. The Balaban J connectivity index is 2.62. The number of esters is 1. The normalized spacial score (nSPS) is 13.6. The Morgan fingerprint density at radius 1 is 1.17 bits per heavy atom. The fourth-order valence-electron chi connectivity index (χ4n) is 2.01. The van der Waals surface area contributed by atoms with Gasteiger partial charge < -0.3 is 9.16 Å². The summed E-state index contributed by atoms with van der Waals surface area (Å²) in [7, 11) is -1.79. The van der Waals surface area contributed by atoms with Crippen LogP contribution in [0.1, 0.15) is 39.7 Å². The van der Waals surface area contributed by atoms with Gasteiger partial charge in [-0.15, -0.1) is 0 Å². The van der Waals surface area contributed by atoms with E-state index in [0.717, 1.165) is 17.3 Å². The van der Waals surface area contributed by atoms with Crippen molar-refractivity contribution in [2.45, 2.75) is 58.7 Å². The molecule has 3 nitrogen and oxygen atoms in total. The van der Waals surface area contributed by atoms with E-state index in [1.807, 2.05) is 0 Å². The van der Waals surface area contributed by atoms with E-state index in [0.29, 0.717) is 13.2 Å². The molecule has 24 heavy (non-hydrogen) atoms. The van der Waals surface area contributed by atoms with Gasteiger partial charge in [-0.25, -0.2) is 0 Å². The topological polar surface area (TPSA) is 35.5 Å². The molecule has 0 saturated heterocycles. The summed E-state index contributed by atoms with van der Waals surface area (Å²) in [6.07, 6.45) is 1.91. The van der Waals surface area contributed by atoms with Gasteiger partial charge in [-0.2, -0.15) is 0 Å². The van der Waals surface area contributed by atoms with Gasteiger partial charge in [0, 0.05) is 23.9 Å². The van der Waals surface area contributed by atoms with E-state index in [-0.39, 0.29) is 16.9 Å². The van der Waals surface area contributed by atoms with Crippen LogP contribution in [0.2, 0.25) is 18.1 Å². The second-order valence-corrected chi connectivity index (χ2v) is 13.6. The summed E-state index contributed by atoms with van der Waals surface area (Å²) in [5.41, 5.74) is 1.29. The van der Waals surface area contributed by atoms with Gasteiger partial charge in [-0.1, -0.05) is 48.8 Å². The van der Waals surface area contributed by atoms with Gasteiger partial charge in [-0.05, 0) is 48.7 Å². The van der Waals surface area contributed by atoms with Crippen molar-refractivity contribution in [3.8, 4) is 0 Å². The number of ether oxygens (including phenoxy) is 1. The van der Waals surface area contributed by atoms with E-state index in [4.69, 9.17) is 9.16 Å². The zero-order valence-electron chi connectivity index (χ0n) is 15.8. The number of halogens is 1. The second kappa shape index (κ2) is 9.16. The third kappa shape index (κ3) is 7.49. The third-order valence-corrected chi connectivity index (χ3v) is 9.79. The Labute approximate surface area is 156 Å². The minimum Gasteiger partial charge on any atom is -0.465 e. The highest BCUT2D eigenvalue weighted by Crippen LogP contribution is 2.37. The summed E-state index contributed by atoms with van der Waals surface area (Å²) in [4.78, 5) is 11.2. The molecule has 1 atom stereocenters. The molecule has 0 aliphatic heterocycles. The first-order chi connectivity index (χ1) is 11.0. The Morgan fingerprint density at radius 3 is 2.25 bits per heavy atom. The van der Waals surface area contributed by atoms with Crippen molar-refractivity contribution in [2.75, 3.05) is 13.2 Å². The van der Waals surface area contributed by atoms with E-state index >= 15 is 0 Å². The lowest BCUT2D eigenvalue weighted by Gasteiger charge is -2.37. The van der Waals surface area contributed by atoms with Gasteiger partial charge in [-0.3, -0.25) is 4.79 Å². The van der Waals surface area contributed by atoms with Crippen LogP contribution >= 0.6 is 15.9 Å². The van der Waals surface area contributed by atoms with Crippen molar-refractivity contribution in [1.82, 2.24) is 0 Å². The van der Waals surface area contributed by atoms with Crippen LogP contribution in [0, 0.1) is 5.92 Å². The number of hydrogen-bond acceptors (Lipinski definition) is 3. The van der Waals surface area contributed by atoms with Crippen LogP contribution in [0.5, 0.6) is 0 Å². The molecule has 1 aromatic rings. The number of rotatable bonds is 8. The summed E-state index contributed by atoms with van der Waals surface area (Å²) in [6, 6.07) is 8.37. The van der Waals surface area contributed by atoms with Crippen LogP contribution in [0.4, 0.5) is 0 Å². The van der Waals surface area contributed by atoms with Crippen LogP contribution in [0.25, 0.3) is 0 Å². The smallest absolute Gasteiger partial charge is 0.302 e. The summed E-state index contributed by atoms with van der Waals surface area (Å²) in [5, 5.41) is 0.185. The van der Waals surface area contributed by atoms with Crippen molar-refractivity contribution < 1.29 is 14.0 Å². The maximum Gasteiger partial charge on any atom is 0.302 e. The monoisotopic (exact) mass is 414 g/mol. The van der Waals surface area contributed by atoms with Gasteiger partial charge in [0.05, 0.1) is 6.61 Å². The molecule has 0 amide bonds. The average molecular weight is 415 g/mol. The lowest BCUT2D eigenvalue weighted by atomic mass is 10.0. The highest BCUT2D eigenvalue weighted by atomic mass is 79.9. The van der Waals surface area contributed by atoms with E-state index in [2.05, 4.69) is 74.1 Å². The molecule has 0 fully saturated rings. The van der Waals surface area contributed by atoms with Crippen LogP contribution < -0.4 is 0 Å². The summed E-state index contributed by atoms with van der Waals surface area (Å²) < 4.78 is 12.7. The molecule has 0 aromatic heterocycles. The fraction of sp³-hybridized carbons (Fsp3) is 0.632. The number of hydrogen-bond donors (Lipinski definition) is 0. The Morgan fingerprint density at radius 2 is 1.75 bits per heavy atom. The molecule has 0 N–H and O–H groups in total. The largest absolute Gasteiger partial charge is 0.465 e. The molecule has 0 saturated carbocycles. The highest BCUT2D eigenvalue weighted by molar-refractivity contribution is 9.10. The van der Waals surface area contributed by atoms with E-state index in [1.54, 1.807) is 0 Å². The van der Waals surface area contributed by atoms with Crippen LogP contribution in [0.15, 0.2) is 28.7 Å². The van der Waals surface area contributed by atoms with Crippen molar-refractivity contribution in [2.24, 2.45) is 5.92 Å². The third-order valence-electron chi connectivity index (χ3n) is 4.76. The number of aryl methyl sites for hydroxylation is 1. The minimum atomic E-state index is -1.79. The average Bonchev–Trinajstić information content (AvgIpc) is 2.46. The molecule has 5 heteroatoms. The maximum atomic E-state index is 11.2. The summed E-state index contributed by atoms with van der Waals surface area (Å²) in [6.45, 7) is 13.8. The first kappa shape index (κ1) is 21.4. The summed E-state index contributed by atoms with van der Waals surface area (Å²) >= 11 is 3.46. The van der Waals surface area contributed by atoms with Gasteiger partial charge in [0.2, 0.25) is 0 Å². The molecule has 136 valence electrons. The summed E-state index contributed by atoms with van der Waals surface area (Å²) in [5.74, 6) is 0.00244. The van der Waals surface area contributed by atoms with Crippen LogP contribution in [0.3, 0.4) is 0 Å². The predicted molar refractivity (Wildman–Crippen MR) is 106 cm³/mol. The molecule has 1 rings (SSSR count). The van der Waals surface area contributed by atoms with Gasteiger partial charge in [0.1, 0.15) is 0 Å². The molecular formula is C19H31BrO3Si. The highest BCUT2D eigenvalue weighted by Gasteiger charge is 2.37. The molecular weight excluding hydrogens is 384 g/mol. The van der Waals surface area contributed by atoms with E-state index in [1.165, 1.54) is 12.5 Å². The second-order valence-electron chi connectivity index (χ2n) is 7.91. The molecule has 1 aromatic carbocycles. The van der Waals surface area contributed by atoms with Crippen molar-refractivity contribution >= 4 is 30.2 Å². The maximum absolute atomic E-state index is 11.2. The number of benzene rings is 1. The quantitative estimate of drug-likeness (QED) is 0.411. The molecule has 0 radical (unpaired) electrons. The molecule has 0 aliphatic rings. The Bertz CT molecular complexity index is 520. The zero-order chi connectivity index (χ0) is 18.4. The van der Waals surface area contributed by atoms with Crippen LogP contribution in [-0.2, 0) is 20.4 Å². The van der Waals surface area contributed by atoms with Crippen molar-refractivity contribution in [3.63, 3.8) is 0 Å². The number of carbonyl (C=O) groups is 1. The fourth-order valence-corrected chi connectivity index (χ4v) is 3.36. The molecule has 0 heterocycles. The molecule has 0 unspecified atom stereocenters. The first-order valence-electron chi connectivity index (χ1n) is 8.53. The van der Waals surface area contributed by atoms with Gasteiger partial charge in [0.25, 0.3) is 0 Å². The van der Waals surface area contributed by atoms with Crippen LogP contribution in [-0.4, -0.2) is 27.5 Å². The molecule has 0 spiro atoms. The van der Waals surface area contributed by atoms with Gasteiger partial charge >= 0.3 is 5.97 Å². The SMILES string of the molecule is CC(=O)OC[C@H](CCc1ccc(Br)cc1)CO[Si](C)(C)C(C)(C)C. The lowest BCUT2D eigenvalue weighted by Crippen LogP contribution is -2.42. The lowest BCUT2D eigenvalue weighted by molar-refractivity contribution is -0.142. The molecule has 0 aliphatic carbocycles. The van der Waals surface area contributed by atoms with E-state index < -0.39 is 8.32 Å². The van der Waals surface area contributed by atoms with Crippen molar-refractivity contribution in [1.29, 1.82) is 0 Å². The minimum absolute atomic E-state index is 0.185. The zero-order valence-corrected chi connectivity index (χ0v) is 18.4. The standard InChI is InChI=1S/C19H31BrO3Si/c1-15(21)22-13-17(14-23-24(5,6)19(2,3)4)8-7-16-9-11-18(20)12-10-16/h9-12,17H,7-8,13-14H2,1-6H3/t17-/m0/s1. The first-order valence-corrected chi connectivity index (χ1v) is 12.2. The predicted octanol–water partition coefficient (Wildman–Crippen LogP) is 5.58. The van der Waals surface area contributed by atoms with E-state index in [9.17, 15) is 4.79 Å². The Hall–Kier alpha value is -0.653. The Kier molecular flexibility index (Phi) is 8.16. The number of carbonyl (C=O) groups excluding carboxylic acids is 1. The van der Waals surface area contributed by atoms with Crippen molar-refractivity contribution in [3.05, 3.63) is 34.3 Å². The van der Waals surface area contributed by atoms with Gasteiger partial charge in [0.15, 0.2) is 8.32 Å².